The smallest absolute Gasteiger partial charge is 0.245 e. The Bertz CT molecular complexity index is 669. The first kappa shape index (κ1) is 12.6. The van der Waals surface area contributed by atoms with Gasteiger partial charge in [-0.3, -0.25) is 4.79 Å². The van der Waals surface area contributed by atoms with Crippen LogP contribution >= 0.6 is 23.4 Å². The van der Waals surface area contributed by atoms with E-state index in [0.29, 0.717) is 5.02 Å². The number of benzene rings is 1. The highest BCUT2D eigenvalue weighted by Crippen LogP contribution is 2.41. The Balaban J connectivity index is 1.99. The number of hydrogen-bond donors (Lipinski definition) is 2. The number of rotatable bonds is 2. The molecule has 1 aromatic heterocycles. The number of halogens is 1. The molecule has 2 heterocycles. The van der Waals surface area contributed by atoms with E-state index in [0.717, 1.165) is 26.8 Å². The lowest BCUT2D eigenvalue weighted by Gasteiger charge is -2.07. The Labute approximate surface area is 119 Å². The minimum Gasteiger partial charge on any atom is -0.468 e. The SMILES string of the molecule is Cc1occc1Sc1cc2c(cc1Cl)C(N)C(=O)N2. The third kappa shape index (κ3) is 2.14. The van der Waals surface area contributed by atoms with E-state index < -0.39 is 6.04 Å². The van der Waals surface area contributed by atoms with Gasteiger partial charge in [-0.15, -0.1) is 0 Å². The van der Waals surface area contributed by atoms with Crippen LogP contribution in [0.3, 0.4) is 0 Å². The zero-order valence-corrected chi connectivity index (χ0v) is 11.6. The molecule has 2 aromatic rings. The number of anilines is 1. The van der Waals surface area contributed by atoms with Crippen molar-refractivity contribution in [1.82, 2.24) is 0 Å². The van der Waals surface area contributed by atoms with E-state index in [1.165, 1.54) is 11.8 Å². The molecule has 1 unspecified atom stereocenters. The summed E-state index contributed by atoms with van der Waals surface area (Å²) < 4.78 is 5.25. The van der Waals surface area contributed by atoms with Crippen molar-refractivity contribution in [2.24, 2.45) is 5.73 Å². The summed E-state index contributed by atoms with van der Waals surface area (Å²) in [7, 11) is 0. The van der Waals surface area contributed by atoms with Gasteiger partial charge in [-0.1, -0.05) is 23.4 Å². The fourth-order valence-electron chi connectivity index (χ4n) is 1.96. The van der Waals surface area contributed by atoms with Gasteiger partial charge < -0.3 is 15.5 Å². The average molecular weight is 295 g/mol. The third-order valence-electron chi connectivity index (χ3n) is 3.01. The van der Waals surface area contributed by atoms with Crippen molar-refractivity contribution in [2.75, 3.05) is 5.32 Å². The predicted octanol–water partition coefficient (Wildman–Crippen LogP) is 3.34. The number of nitrogens with two attached hydrogens (primary N) is 1. The van der Waals surface area contributed by atoms with Crippen molar-refractivity contribution >= 4 is 35.0 Å². The van der Waals surface area contributed by atoms with Gasteiger partial charge in [0.1, 0.15) is 11.8 Å². The zero-order valence-electron chi connectivity index (χ0n) is 10.1. The van der Waals surface area contributed by atoms with Crippen molar-refractivity contribution in [1.29, 1.82) is 0 Å². The Morgan fingerprint density at radius 3 is 2.89 bits per heavy atom. The summed E-state index contributed by atoms with van der Waals surface area (Å²) in [5, 5.41) is 3.33. The van der Waals surface area contributed by atoms with Crippen LogP contribution in [0.15, 0.2) is 38.7 Å². The third-order valence-corrected chi connectivity index (χ3v) is 4.64. The molecular formula is C13H11ClN2O2S. The van der Waals surface area contributed by atoms with Gasteiger partial charge in [0.05, 0.1) is 16.2 Å². The van der Waals surface area contributed by atoms with Gasteiger partial charge in [0, 0.05) is 16.1 Å². The molecular weight excluding hydrogens is 284 g/mol. The highest BCUT2D eigenvalue weighted by atomic mass is 35.5. The molecule has 6 heteroatoms. The summed E-state index contributed by atoms with van der Waals surface area (Å²) in [5.41, 5.74) is 7.24. The molecule has 19 heavy (non-hydrogen) atoms. The number of carbonyl (C=O) groups excluding carboxylic acids is 1. The molecule has 0 saturated heterocycles. The van der Waals surface area contributed by atoms with Crippen LogP contribution in [-0.4, -0.2) is 5.91 Å². The maximum atomic E-state index is 11.5. The first-order chi connectivity index (χ1) is 9.06. The monoisotopic (exact) mass is 294 g/mol. The Morgan fingerprint density at radius 1 is 1.42 bits per heavy atom. The van der Waals surface area contributed by atoms with Gasteiger partial charge in [-0.2, -0.15) is 0 Å². The van der Waals surface area contributed by atoms with Gasteiger partial charge in [-0.05, 0) is 25.1 Å². The Kier molecular flexibility index (Phi) is 3.05. The first-order valence-corrected chi connectivity index (χ1v) is 6.87. The maximum Gasteiger partial charge on any atom is 0.245 e. The van der Waals surface area contributed by atoms with Gasteiger partial charge in [-0.25, -0.2) is 0 Å². The molecule has 0 spiro atoms. The molecule has 1 amide bonds. The molecule has 3 N–H and O–H groups in total. The van der Waals surface area contributed by atoms with Crippen LogP contribution in [0.2, 0.25) is 5.02 Å². The molecule has 98 valence electrons. The van der Waals surface area contributed by atoms with E-state index in [1.54, 1.807) is 12.3 Å². The topological polar surface area (TPSA) is 68.3 Å². The molecule has 0 radical (unpaired) electrons. The van der Waals surface area contributed by atoms with Gasteiger partial charge in [0.15, 0.2) is 0 Å². The quantitative estimate of drug-likeness (QED) is 0.891. The minimum atomic E-state index is -0.637. The fraction of sp³-hybridized carbons (Fsp3) is 0.154. The van der Waals surface area contributed by atoms with E-state index >= 15 is 0 Å². The van der Waals surface area contributed by atoms with Crippen molar-refractivity contribution in [3.63, 3.8) is 0 Å². The highest BCUT2D eigenvalue weighted by Gasteiger charge is 2.28. The second-order valence-electron chi connectivity index (χ2n) is 4.28. The van der Waals surface area contributed by atoms with E-state index in [1.807, 2.05) is 19.1 Å². The zero-order chi connectivity index (χ0) is 13.6. The second-order valence-corrected chi connectivity index (χ2v) is 5.77. The Morgan fingerprint density at radius 2 is 2.21 bits per heavy atom. The first-order valence-electron chi connectivity index (χ1n) is 5.68. The summed E-state index contributed by atoms with van der Waals surface area (Å²) in [6.07, 6.45) is 1.64. The second kappa shape index (κ2) is 4.59. The van der Waals surface area contributed by atoms with E-state index in [4.69, 9.17) is 21.8 Å². The molecule has 1 aliphatic rings. The standard InChI is InChI=1S/C13H11ClN2O2S/c1-6-10(2-3-18-6)19-11-5-9-7(4-8(11)14)12(15)13(17)16-9/h2-5,12H,15H2,1H3,(H,16,17). The van der Waals surface area contributed by atoms with Gasteiger partial charge in [0.25, 0.3) is 0 Å². The van der Waals surface area contributed by atoms with Crippen molar-refractivity contribution < 1.29 is 9.21 Å². The van der Waals surface area contributed by atoms with Crippen LogP contribution in [0.25, 0.3) is 0 Å². The fourth-order valence-corrected chi connectivity index (χ4v) is 3.14. The number of hydrogen-bond acceptors (Lipinski definition) is 4. The lowest BCUT2D eigenvalue weighted by atomic mass is 10.1. The van der Waals surface area contributed by atoms with Crippen LogP contribution in [0.1, 0.15) is 17.4 Å². The highest BCUT2D eigenvalue weighted by molar-refractivity contribution is 7.99. The molecule has 0 aliphatic carbocycles. The van der Waals surface area contributed by atoms with Crippen molar-refractivity contribution in [2.45, 2.75) is 22.8 Å². The average Bonchev–Trinajstić information content (AvgIpc) is 2.88. The number of nitrogens with one attached hydrogen (secondary N) is 1. The van der Waals surface area contributed by atoms with Crippen molar-refractivity contribution in [3.8, 4) is 0 Å². The normalized spacial score (nSPS) is 17.4. The van der Waals surface area contributed by atoms with Gasteiger partial charge in [0.2, 0.25) is 5.91 Å². The van der Waals surface area contributed by atoms with Crippen LogP contribution in [0, 0.1) is 6.92 Å². The van der Waals surface area contributed by atoms with Crippen LogP contribution in [0.4, 0.5) is 5.69 Å². The van der Waals surface area contributed by atoms with E-state index in [2.05, 4.69) is 5.32 Å². The van der Waals surface area contributed by atoms with Crippen LogP contribution in [0.5, 0.6) is 0 Å². The molecule has 1 atom stereocenters. The molecule has 0 saturated carbocycles. The summed E-state index contributed by atoms with van der Waals surface area (Å²) in [5.74, 6) is 0.634. The molecule has 1 aromatic carbocycles. The molecule has 3 rings (SSSR count). The van der Waals surface area contributed by atoms with Crippen LogP contribution < -0.4 is 11.1 Å². The number of furan rings is 1. The summed E-state index contributed by atoms with van der Waals surface area (Å²) in [6.45, 7) is 1.89. The summed E-state index contributed by atoms with van der Waals surface area (Å²) >= 11 is 7.74. The minimum absolute atomic E-state index is 0.201. The molecule has 0 fully saturated rings. The Hall–Kier alpha value is -1.43. The van der Waals surface area contributed by atoms with E-state index in [-0.39, 0.29) is 5.91 Å². The molecule has 1 aliphatic heterocycles. The molecule has 0 bridgehead atoms. The summed E-state index contributed by atoms with van der Waals surface area (Å²) in [6, 6.07) is 4.84. The molecule has 4 nitrogen and oxygen atoms in total. The number of aryl methyl sites for hydroxylation is 1. The lowest BCUT2D eigenvalue weighted by molar-refractivity contribution is -0.116. The largest absolute Gasteiger partial charge is 0.468 e. The number of amides is 1. The summed E-state index contributed by atoms with van der Waals surface area (Å²) in [4.78, 5) is 13.4. The van der Waals surface area contributed by atoms with Gasteiger partial charge >= 0.3 is 0 Å². The van der Waals surface area contributed by atoms with Crippen molar-refractivity contribution in [3.05, 3.63) is 40.8 Å². The number of fused-ring (bicyclic) bond motifs is 1. The predicted molar refractivity (Wildman–Crippen MR) is 74.6 cm³/mol. The van der Waals surface area contributed by atoms with E-state index in [9.17, 15) is 4.79 Å². The van der Waals surface area contributed by atoms with Crippen LogP contribution in [-0.2, 0) is 4.79 Å². The number of carbonyl (C=O) groups is 1. The lowest BCUT2D eigenvalue weighted by Crippen LogP contribution is -2.19. The maximum absolute atomic E-state index is 11.5.